The highest BCUT2D eigenvalue weighted by Gasteiger charge is 2.31. The number of hydrogen-bond acceptors (Lipinski definition) is 8. The van der Waals surface area contributed by atoms with Crippen LogP contribution in [0, 0.1) is 0 Å². The summed E-state index contributed by atoms with van der Waals surface area (Å²) in [5, 5.41) is 16.1. The van der Waals surface area contributed by atoms with Crippen LogP contribution in [0.1, 0.15) is 33.7 Å². The lowest BCUT2D eigenvalue weighted by atomic mass is 10.1. The van der Waals surface area contributed by atoms with Crippen molar-refractivity contribution >= 4 is 17.8 Å². The molecule has 0 unspecified atom stereocenters. The molecule has 0 atom stereocenters. The summed E-state index contributed by atoms with van der Waals surface area (Å²) < 4.78 is 41.0. The number of anilines is 1. The number of carbonyl (C=O) groups excluding carboxylic acids is 2. The highest BCUT2D eigenvalue weighted by molar-refractivity contribution is 5.93. The monoisotopic (exact) mass is 490 g/mol. The number of carbonyl (C=O) groups is 2. The van der Waals surface area contributed by atoms with Gasteiger partial charge in [0, 0.05) is 44.9 Å². The number of aromatic nitrogens is 5. The van der Waals surface area contributed by atoms with Crippen LogP contribution in [0.15, 0.2) is 36.7 Å². The van der Waals surface area contributed by atoms with Crippen LogP contribution in [-0.2, 0) is 24.3 Å². The lowest BCUT2D eigenvalue weighted by Crippen LogP contribution is -2.38. The Balaban J connectivity index is 1.21. The molecule has 184 valence electrons. The first kappa shape index (κ1) is 23.9. The van der Waals surface area contributed by atoms with Gasteiger partial charge in [0.05, 0.1) is 17.8 Å². The third kappa shape index (κ3) is 6.65. The number of benzene rings is 1. The van der Waals surface area contributed by atoms with Gasteiger partial charge in [-0.1, -0.05) is 12.1 Å². The van der Waals surface area contributed by atoms with Crippen molar-refractivity contribution in [3.63, 3.8) is 0 Å². The van der Waals surface area contributed by atoms with Gasteiger partial charge in [-0.05, 0) is 17.7 Å². The SMILES string of the molecule is O=C(NCCC(=O)N1CCc2n[nH]nc2C1)c1cnc(NCc2cccc(OC(F)(F)F)c2)nc1. The molecule has 2 aromatic heterocycles. The molecule has 0 spiro atoms. The minimum Gasteiger partial charge on any atom is -0.406 e. The highest BCUT2D eigenvalue weighted by atomic mass is 19.4. The molecule has 1 aliphatic rings. The van der Waals surface area contributed by atoms with Crippen LogP contribution in [-0.4, -0.2) is 61.5 Å². The summed E-state index contributed by atoms with van der Waals surface area (Å²) in [6.07, 6.45) is -1.38. The third-order valence-corrected chi connectivity index (χ3v) is 5.14. The van der Waals surface area contributed by atoms with E-state index in [2.05, 4.69) is 40.7 Å². The largest absolute Gasteiger partial charge is 0.573 e. The summed E-state index contributed by atoms with van der Waals surface area (Å²) in [6.45, 7) is 1.24. The number of nitrogens with one attached hydrogen (secondary N) is 3. The summed E-state index contributed by atoms with van der Waals surface area (Å²) in [5.41, 5.74) is 2.34. The second-order valence-electron chi connectivity index (χ2n) is 7.63. The molecule has 0 fully saturated rings. The molecule has 0 bridgehead atoms. The van der Waals surface area contributed by atoms with Gasteiger partial charge in [0.15, 0.2) is 0 Å². The number of H-pyrrole nitrogens is 1. The van der Waals surface area contributed by atoms with Crippen LogP contribution in [0.4, 0.5) is 19.1 Å². The Hall–Kier alpha value is -4.23. The number of nitrogens with zero attached hydrogens (tertiary/aromatic N) is 5. The number of halogens is 3. The van der Waals surface area contributed by atoms with Crippen LogP contribution in [0.3, 0.4) is 0 Å². The fraction of sp³-hybridized carbons (Fsp3) is 0.333. The molecular formula is C21H21F3N8O3. The Bertz CT molecular complexity index is 1180. The minimum absolute atomic E-state index is 0.0977. The van der Waals surface area contributed by atoms with E-state index in [0.29, 0.717) is 25.1 Å². The van der Waals surface area contributed by atoms with Crippen molar-refractivity contribution in [1.29, 1.82) is 0 Å². The molecule has 3 N–H and O–H groups in total. The lowest BCUT2D eigenvalue weighted by molar-refractivity contribution is -0.274. The zero-order valence-electron chi connectivity index (χ0n) is 18.3. The number of amides is 2. The molecule has 3 heterocycles. The predicted octanol–water partition coefficient (Wildman–Crippen LogP) is 1.81. The van der Waals surface area contributed by atoms with Crippen molar-refractivity contribution in [3.8, 4) is 5.75 Å². The minimum atomic E-state index is -4.77. The second-order valence-corrected chi connectivity index (χ2v) is 7.63. The first-order valence-electron chi connectivity index (χ1n) is 10.6. The molecule has 11 nitrogen and oxygen atoms in total. The maximum Gasteiger partial charge on any atom is 0.573 e. The smallest absolute Gasteiger partial charge is 0.406 e. The number of alkyl halides is 3. The summed E-state index contributed by atoms with van der Waals surface area (Å²) in [5.74, 6) is -0.666. The lowest BCUT2D eigenvalue weighted by Gasteiger charge is -2.25. The Labute approximate surface area is 197 Å². The van der Waals surface area contributed by atoms with E-state index in [-0.39, 0.29) is 42.7 Å². The molecule has 1 aromatic carbocycles. The summed E-state index contributed by atoms with van der Waals surface area (Å²) in [7, 11) is 0. The van der Waals surface area contributed by atoms with E-state index in [1.165, 1.54) is 30.6 Å². The molecule has 4 rings (SSSR count). The third-order valence-electron chi connectivity index (χ3n) is 5.14. The molecule has 0 radical (unpaired) electrons. The Kier molecular flexibility index (Phi) is 7.08. The van der Waals surface area contributed by atoms with Gasteiger partial charge in [-0.2, -0.15) is 15.4 Å². The van der Waals surface area contributed by atoms with Crippen LogP contribution >= 0.6 is 0 Å². The average Bonchev–Trinajstić information content (AvgIpc) is 3.30. The van der Waals surface area contributed by atoms with Crippen LogP contribution < -0.4 is 15.4 Å². The molecular weight excluding hydrogens is 469 g/mol. The van der Waals surface area contributed by atoms with E-state index in [1.54, 1.807) is 11.0 Å². The first-order valence-corrected chi connectivity index (χ1v) is 10.6. The zero-order chi connectivity index (χ0) is 24.8. The fourth-order valence-corrected chi connectivity index (χ4v) is 3.43. The molecule has 0 saturated heterocycles. The molecule has 35 heavy (non-hydrogen) atoms. The van der Waals surface area contributed by atoms with Crippen molar-refractivity contribution in [2.75, 3.05) is 18.4 Å². The number of aromatic amines is 1. The quantitative estimate of drug-likeness (QED) is 0.435. The van der Waals surface area contributed by atoms with Gasteiger partial charge in [-0.25, -0.2) is 9.97 Å². The van der Waals surface area contributed by atoms with Crippen molar-refractivity contribution in [2.24, 2.45) is 0 Å². The van der Waals surface area contributed by atoms with E-state index in [1.807, 2.05) is 0 Å². The average molecular weight is 490 g/mol. The maximum absolute atomic E-state index is 12.4. The standard InChI is InChI=1S/C21H21F3N8O3/c22-21(23,24)35-15-3-1-2-13(8-15)9-26-20-27-10-14(11-28-20)19(34)25-6-4-18(33)32-7-5-16-17(12-32)30-31-29-16/h1-3,8,10-11H,4-7,9,12H2,(H,25,34)(H,26,27,28)(H,29,30,31). The normalized spacial score (nSPS) is 13.2. The second kappa shape index (κ2) is 10.4. The van der Waals surface area contributed by atoms with Crippen LogP contribution in [0.5, 0.6) is 5.75 Å². The van der Waals surface area contributed by atoms with Gasteiger partial charge in [-0.3, -0.25) is 9.59 Å². The zero-order valence-corrected chi connectivity index (χ0v) is 18.3. The first-order chi connectivity index (χ1) is 16.8. The van der Waals surface area contributed by atoms with Gasteiger partial charge in [-0.15, -0.1) is 13.2 Å². The van der Waals surface area contributed by atoms with Gasteiger partial charge in [0.1, 0.15) is 11.4 Å². The predicted molar refractivity (Wildman–Crippen MR) is 115 cm³/mol. The Morgan fingerprint density at radius 3 is 2.69 bits per heavy atom. The van der Waals surface area contributed by atoms with E-state index in [9.17, 15) is 22.8 Å². The molecule has 3 aromatic rings. The fourth-order valence-electron chi connectivity index (χ4n) is 3.43. The molecule has 2 amide bonds. The molecule has 0 aliphatic carbocycles. The molecule has 0 saturated carbocycles. The van der Waals surface area contributed by atoms with E-state index >= 15 is 0 Å². The van der Waals surface area contributed by atoms with Crippen molar-refractivity contribution in [1.82, 2.24) is 35.6 Å². The number of hydrogen-bond donors (Lipinski definition) is 3. The van der Waals surface area contributed by atoms with Crippen molar-refractivity contribution < 1.29 is 27.5 Å². The highest BCUT2D eigenvalue weighted by Crippen LogP contribution is 2.23. The topological polar surface area (TPSA) is 138 Å². The maximum atomic E-state index is 12.4. The van der Waals surface area contributed by atoms with Crippen LogP contribution in [0.25, 0.3) is 0 Å². The summed E-state index contributed by atoms with van der Waals surface area (Å²) in [4.78, 5) is 34.5. The van der Waals surface area contributed by atoms with Crippen LogP contribution in [0.2, 0.25) is 0 Å². The number of rotatable bonds is 8. The van der Waals surface area contributed by atoms with E-state index in [0.717, 1.165) is 11.4 Å². The number of fused-ring (bicyclic) bond motifs is 1. The summed E-state index contributed by atoms with van der Waals surface area (Å²) in [6, 6.07) is 5.51. The van der Waals surface area contributed by atoms with Gasteiger partial charge in [0.2, 0.25) is 11.9 Å². The Morgan fingerprint density at radius 2 is 1.91 bits per heavy atom. The molecule has 1 aliphatic heterocycles. The van der Waals surface area contributed by atoms with Crippen molar-refractivity contribution in [2.45, 2.75) is 32.3 Å². The van der Waals surface area contributed by atoms with Gasteiger partial charge >= 0.3 is 6.36 Å². The molecule has 14 heteroatoms. The van der Waals surface area contributed by atoms with Gasteiger partial charge < -0.3 is 20.3 Å². The van der Waals surface area contributed by atoms with E-state index in [4.69, 9.17) is 0 Å². The number of ether oxygens (including phenoxy) is 1. The van der Waals surface area contributed by atoms with E-state index < -0.39 is 12.3 Å². The summed E-state index contributed by atoms with van der Waals surface area (Å²) >= 11 is 0. The Morgan fingerprint density at radius 1 is 1.14 bits per heavy atom. The van der Waals surface area contributed by atoms with Crippen molar-refractivity contribution in [3.05, 3.63) is 59.2 Å². The van der Waals surface area contributed by atoms with Gasteiger partial charge in [0.25, 0.3) is 5.91 Å².